The van der Waals surface area contributed by atoms with Gasteiger partial charge in [-0.05, 0) is 42.3 Å². The average Bonchev–Trinajstić information content (AvgIpc) is 2.60. The van der Waals surface area contributed by atoms with E-state index in [1.807, 2.05) is 56.3 Å². The van der Waals surface area contributed by atoms with Crippen molar-refractivity contribution in [3.63, 3.8) is 0 Å². The van der Waals surface area contributed by atoms with E-state index in [1.54, 1.807) is 18.2 Å². The monoisotopic (exact) mass is 335 g/mol. The van der Waals surface area contributed by atoms with Crippen molar-refractivity contribution in [3.8, 4) is 0 Å². The number of rotatable bonds is 4. The number of hydrogen-bond acceptors (Lipinski definition) is 3. The van der Waals surface area contributed by atoms with Crippen molar-refractivity contribution in [2.24, 2.45) is 0 Å². The first kappa shape index (κ1) is 16.8. The molecule has 0 aliphatic carbocycles. The van der Waals surface area contributed by atoms with Gasteiger partial charge in [0.25, 0.3) is 5.91 Å². The van der Waals surface area contributed by atoms with Crippen LogP contribution in [0.1, 0.15) is 22.8 Å². The van der Waals surface area contributed by atoms with E-state index in [9.17, 15) is 9.59 Å². The van der Waals surface area contributed by atoms with E-state index < -0.39 is 0 Å². The van der Waals surface area contributed by atoms with Gasteiger partial charge in [-0.3, -0.25) is 9.59 Å². The first-order valence-electron chi connectivity index (χ1n) is 8.22. The van der Waals surface area contributed by atoms with Crippen molar-refractivity contribution in [1.29, 1.82) is 0 Å². The third-order valence-corrected chi connectivity index (χ3v) is 4.19. The van der Waals surface area contributed by atoms with Crippen LogP contribution in [-0.2, 0) is 6.42 Å². The largest absolute Gasteiger partial charge is 0.378 e. The molecule has 3 aromatic rings. The van der Waals surface area contributed by atoms with Gasteiger partial charge in [-0.1, -0.05) is 19.1 Å². The van der Waals surface area contributed by atoms with Crippen LogP contribution in [-0.4, -0.2) is 25.0 Å². The fraction of sp³-hybridized carbons (Fsp3) is 0.200. The van der Waals surface area contributed by atoms with Crippen LogP contribution in [0.5, 0.6) is 0 Å². The number of amides is 1. The SMILES string of the molecule is CCc1cc(=O)[nH]c2cc(NC(=O)c3cccc(N(C)C)c3)ccc12. The maximum absolute atomic E-state index is 12.5. The molecule has 0 saturated heterocycles. The normalized spacial score (nSPS) is 10.7. The Morgan fingerprint density at radius 1 is 1.12 bits per heavy atom. The summed E-state index contributed by atoms with van der Waals surface area (Å²) in [5, 5.41) is 3.89. The molecule has 3 rings (SSSR count). The average molecular weight is 335 g/mol. The third-order valence-electron chi connectivity index (χ3n) is 4.19. The molecule has 5 heteroatoms. The van der Waals surface area contributed by atoms with Gasteiger partial charge in [0.05, 0.1) is 5.52 Å². The first-order chi connectivity index (χ1) is 12.0. The molecule has 2 aromatic carbocycles. The molecule has 0 atom stereocenters. The van der Waals surface area contributed by atoms with Crippen molar-refractivity contribution >= 4 is 28.2 Å². The predicted molar refractivity (Wildman–Crippen MR) is 103 cm³/mol. The highest BCUT2D eigenvalue weighted by molar-refractivity contribution is 6.05. The minimum Gasteiger partial charge on any atom is -0.378 e. The summed E-state index contributed by atoms with van der Waals surface area (Å²) in [7, 11) is 3.87. The Kier molecular flexibility index (Phi) is 4.57. The summed E-state index contributed by atoms with van der Waals surface area (Å²) < 4.78 is 0. The number of nitrogens with one attached hydrogen (secondary N) is 2. The lowest BCUT2D eigenvalue weighted by molar-refractivity contribution is 0.102. The van der Waals surface area contributed by atoms with E-state index in [4.69, 9.17) is 0 Å². The maximum atomic E-state index is 12.5. The Hall–Kier alpha value is -3.08. The van der Waals surface area contributed by atoms with Gasteiger partial charge in [-0.2, -0.15) is 0 Å². The number of H-pyrrole nitrogens is 1. The van der Waals surface area contributed by atoms with E-state index in [1.165, 1.54) is 0 Å². The number of carbonyl (C=O) groups excluding carboxylic acids is 1. The summed E-state index contributed by atoms with van der Waals surface area (Å²) >= 11 is 0. The van der Waals surface area contributed by atoms with Crippen molar-refractivity contribution < 1.29 is 4.79 Å². The minimum atomic E-state index is -0.183. The van der Waals surface area contributed by atoms with Crippen LogP contribution in [0.3, 0.4) is 0 Å². The molecule has 2 N–H and O–H groups in total. The minimum absolute atomic E-state index is 0.133. The van der Waals surface area contributed by atoms with E-state index in [0.717, 1.165) is 28.6 Å². The van der Waals surface area contributed by atoms with Crippen molar-refractivity contribution in [1.82, 2.24) is 4.98 Å². The van der Waals surface area contributed by atoms with Gasteiger partial charge in [0.1, 0.15) is 0 Å². The molecule has 0 radical (unpaired) electrons. The molecule has 1 amide bonds. The zero-order valence-corrected chi connectivity index (χ0v) is 14.6. The smallest absolute Gasteiger partial charge is 0.255 e. The summed E-state index contributed by atoms with van der Waals surface area (Å²) in [5.41, 5.74) is 3.79. The molecule has 128 valence electrons. The number of aryl methyl sites for hydroxylation is 1. The number of aromatic amines is 1. The number of anilines is 2. The van der Waals surface area contributed by atoms with Crippen LogP contribution in [0.15, 0.2) is 53.3 Å². The molecule has 0 aliphatic rings. The molecule has 0 aliphatic heterocycles. The van der Waals surface area contributed by atoms with Crippen LogP contribution < -0.4 is 15.8 Å². The van der Waals surface area contributed by atoms with Gasteiger partial charge >= 0.3 is 0 Å². The van der Waals surface area contributed by atoms with E-state index in [-0.39, 0.29) is 11.5 Å². The highest BCUT2D eigenvalue weighted by atomic mass is 16.1. The highest BCUT2D eigenvalue weighted by Gasteiger charge is 2.09. The molecule has 0 bridgehead atoms. The predicted octanol–water partition coefficient (Wildman–Crippen LogP) is 3.41. The van der Waals surface area contributed by atoms with Gasteiger partial charge in [0, 0.05) is 42.5 Å². The summed E-state index contributed by atoms with van der Waals surface area (Å²) in [6, 6.07) is 14.6. The number of aromatic nitrogens is 1. The van der Waals surface area contributed by atoms with E-state index >= 15 is 0 Å². The Morgan fingerprint density at radius 2 is 1.92 bits per heavy atom. The molecular weight excluding hydrogens is 314 g/mol. The van der Waals surface area contributed by atoms with Crippen LogP contribution in [0.4, 0.5) is 11.4 Å². The molecule has 0 fully saturated rings. The van der Waals surface area contributed by atoms with Gasteiger partial charge in [-0.25, -0.2) is 0 Å². The summed E-state index contributed by atoms with van der Waals surface area (Å²) in [6.45, 7) is 2.02. The van der Waals surface area contributed by atoms with Gasteiger partial charge < -0.3 is 15.2 Å². The molecule has 25 heavy (non-hydrogen) atoms. The quantitative estimate of drug-likeness (QED) is 0.768. The zero-order chi connectivity index (χ0) is 18.0. The lowest BCUT2D eigenvalue weighted by atomic mass is 10.1. The van der Waals surface area contributed by atoms with Crippen LogP contribution in [0, 0.1) is 0 Å². The topological polar surface area (TPSA) is 65.2 Å². The Bertz CT molecular complexity index is 990. The number of hydrogen-bond donors (Lipinski definition) is 2. The summed E-state index contributed by atoms with van der Waals surface area (Å²) in [4.78, 5) is 29.1. The van der Waals surface area contributed by atoms with E-state index in [2.05, 4.69) is 10.3 Å². The molecule has 1 heterocycles. The van der Waals surface area contributed by atoms with E-state index in [0.29, 0.717) is 11.3 Å². The Labute approximate surface area is 146 Å². The van der Waals surface area contributed by atoms with Crippen LogP contribution in [0.25, 0.3) is 10.9 Å². The fourth-order valence-electron chi connectivity index (χ4n) is 2.83. The summed E-state index contributed by atoms with van der Waals surface area (Å²) in [5.74, 6) is -0.183. The van der Waals surface area contributed by atoms with Crippen molar-refractivity contribution in [3.05, 3.63) is 70.0 Å². The second kappa shape index (κ2) is 6.81. The molecule has 0 saturated carbocycles. The summed E-state index contributed by atoms with van der Waals surface area (Å²) in [6.07, 6.45) is 0.781. The number of carbonyl (C=O) groups is 1. The Morgan fingerprint density at radius 3 is 2.64 bits per heavy atom. The van der Waals surface area contributed by atoms with Crippen LogP contribution >= 0.6 is 0 Å². The van der Waals surface area contributed by atoms with Gasteiger partial charge in [0.15, 0.2) is 0 Å². The Balaban J connectivity index is 1.91. The van der Waals surface area contributed by atoms with Gasteiger partial charge in [-0.15, -0.1) is 0 Å². The standard InChI is InChI=1S/C20H21N3O2/c1-4-13-11-19(24)22-18-12-15(8-9-17(13)18)21-20(25)14-6-5-7-16(10-14)23(2)3/h5-12H,4H2,1-3H3,(H,21,25)(H,22,24). The maximum Gasteiger partial charge on any atom is 0.255 e. The molecule has 0 spiro atoms. The molecular formula is C20H21N3O2. The number of pyridine rings is 1. The third kappa shape index (κ3) is 3.55. The van der Waals surface area contributed by atoms with Crippen molar-refractivity contribution in [2.45, 2.75) is 13.3 Å². The van der Waals surface area contributed by atoms with Gasteiger partial charge in [0.2, 0.25) is 5.56 Å². The number of fused-ring (bicyclic) bond motifs is 1. The highest BCUT2D eigenvalue weighted by Crippen LogP contribution is 2.21. The first-order valence-corrected chi connectivity index (χ1v) is 8.22. The van der Waals surface area contributed by atoms with Crippen LogP contribution in [0.2, 0.25) is 0 Å². The second-order valence-corrected chi connectivity index (χ2v) is 6.17. The zero-order valence-electron chi connectivity index (χ0n) is 14.6. The molecule has 1 aromatic heterocycles. The fourth-order valence-corrected chi connectivity index (χ4v) is 2.83. The number of benzene rings is 2. The lowest BCUT2D eigenvalue weighted by Gasteiger charge is -2.13. The number of nitrogens with zero attached hydrogens (tertiary/aromatic N) is 1. The molecule has 5 nitrogen and oxygen atoms in total. The second-order valence-electron chi connectivity index (χ2n) is 6.17. The molecule has 0 unspecified atom stereocenters. The lowest BCUT2D eigenvalue weighted by Crippen LogP contribution is -2.14. The van der Waals surface area contributed by atoms with Crippen molar-refractivity contribution in [2.75, 3.05) is 24.3 Å².